The number of pyridine rings is 1. The molecule has 8 aromatic carbocycles. The molecule has 1 saturated carbocycles. The molecule has 1 aliphatic carbocycles. The molecule has 248 valence electrons. The summed E-state index contributed by atoms with van der Waals surface area (Å²) in [5.74, 6) is 0.650. The van der Waals surface area contributed by atoms with Crippen molar-refractivity contribution in [3.63, 3.8) is 0 Å². The molecule has 0 aliphatic heterocycles. The molecule has 0 bridgehead atoms. The van der Waals surface area contributed by atoms with Gasteiger partial charge in [-0.25, -0.2) is 0 Å². The summed E-state index contributed by atoms with van der Waals surface area (Å²) in [6, 6.07) is 60.6. The van der Waals surface area contributed by atoms with E-state index in [1.807, 2.05) is 6.20 Å². The Hall–Kier alpha value is -6.05. The molecule has 52 heavy (non-hydrogen) atoms. The molecule has 1 fully saturated rings. The van der Waals surface area contributed by atoms with Crippen molar-refractivity contribution in [1.29, 1.82) is 0 Å². The van der Waals surface area contributed by atoms with Crippen LogP contribution in [0.2, 0.25) is 0 Å². The highest BCUT2D eigenvalue weighted by Crippen LogP contribution is 2.47. The van der Waals surface area contributed by atoms with E-state index >= 15 is 0 Å². The zero-order valence-corrected chi connectivity index (χ0v) is 29.2. The molecule has 0 saturated heterocycles. The summed E-state index contributed by atoms with van der Waals surface area (Å²) < 4.78 is 0. The Balaban J connectivity index is 1.19. The summed E-state index contributed by atoms with van der Waals surface area (Å²) in [5, 5.41) is 10.3. The monoisotopic (exact) mass is 665 g/mol. The molecule has 0 spiro atoms. The van der Waals surface area contributed by atoms with Crippen LogP contribution in [0.25, 0.3) is 87.7 Å². The van der Waals surface area contributed by atoms with Crippen molar-refractivity contribution in [2.45, 2.75) is 38.0 Å². The molecule has 0 atom stereocenters. The van der Waals surface area contributed by atoms with Crippen LogP contribution in [0.1, 0.15) is 43.6 Å². The minimum absolute atomic E-state index is 0.650. The SMILES string of the molecule is c1cc(-c2cccnc2-c2cccc3ccccc23)cc(-c2c3ccccc3c(-c3cccc4c(C5CCCCC5)cccc34)c3ccccc23)c1. The number of hydrogen-bond donors (Lipinski definition) is 0. The van der Waals surface area contributed by atoms with Crippen LogP contribution in [0.3, 0.4) is 0 Å². The van der Waals surface area contributed by atoms with Gasteiger partial charge >= 0.3 is 0 Å². The van der Waals surface area contributed by atoms with Crippen LogP contribution in [0.5, 0.6) is 0 Å². The van der Waals surface area contributed by atoms with E-state index < -0.39 is 0 Å². The first-order chi connectivity index (χ1) is 25.8. The number of hydrogen-bond acceptors (Lipinski definition) is 1. The van der Waals surface area contributed by atoms with Crippen LogP contribution < -0.4 is 0 Å². The largest absolute Gasteiger partial charge is 0.256 e. The average Bonchev–Trinajstić information content (AvgIpc) is 3.22. The van der Waals surface area contributed by atoms with Crippen LogP contribution >= 0.6 is 0 Å². The minimum Gasteiger partial charge on any atom is -0.256 e. The van der Waals surface area contributed by atoms with Gasteiger partial charge in [-0.3, -0.25) is 4.98 Å². The van der Waals surface area contributed by atoms with Gasteiger partial charge in [0.15, 0.2) is 0 Å². The van der Waals surface area contributed by atoms with Crippen LogP contribution in [0, 0.1) is 0 Å². The van der Waals surface area contributed by atoms with Crippen molar-refractivity contribution >= 4 is 43.1 Å². The van der Waals surface area contributed by atoms with Crippen LogP contribution in [0.15, 0.2) is 170 Å². The fourth-order valence-electron chi connectivity index (χ4n) is 9.18. The fourth-order valence-corrected chi connectivity index (χ4v) is 9.18. The molecule has 0 N–H and O–H groups in total. The first-order valence-electron chi connectivity index (χ1n) is 18.8. The number of nitrogens with zero attached hydrogens (tertiary/aromatic N) is 1. The zero-order valence-electron chi connectivity index (χ0n) is 29.2. The van der Waals surface area contributed by atoms with Crippen LogP contribution in [-0.2, 0) is 0 Å². The van der Waals surface area contributed by atoms with Gasteiger partial charge in [-0.1, -0.05) is 171 Å². The standard InChI is InChI=1S/C51H39N/c1-2-15-34(16-3-1)38-26-12-28-42-41(38)27-13-29-43(42)50-46-24-8-6-22-44(46)49(45-23-7-9-25-47(45)50)37-20-10-19-36(33-37)40-31-14-32-52-51(40)48-30-11-18-35-17-4-5-21-39(35)48/h4-14,17-34H,1-3,15-16H2. The normalized spacial score (nSPS) is 13.7. The van der Waals surface area contributed by atoms with E-state index in [9.17, 15) is 0 Å². The van der Waals surface area contributed by atoms with Gasteiger partial charge in [0, 0.05) is 17.3 Å². The van der Waals surface area contributed by atoms with E-state index in [0.717, 1.165) is 22.4 Å². The lowest BCUT2D eigenvalue weighted by molar-refractivity contribution is 0.445. The van der Waals surface area contributed by atoms with Crippen molar-refractivity contribution in [2.75, 3.05) is 0 Å². The third-order valence-electron chi connectivity index (χ3n) is 11.5. The maximum Gasteiger partial charge on any atom is 0.0786 e. The van der Waals surface area contributed by atoms with Gasteiger partial charge in [0.25, 0.3) is 0 Å². The molecule has 1 aromatic heterocycles. The maximum absolute atomic E-state index is 4.98. The van der Waals surface area contributed by atoms with E-state index in [1.165, 1.54) is 103 Å². The highest BCUT2D eigenvalue weighted by molar-refractivity contribution is 6.23. The molecular formula is C51H39N. The summed E-state index contributed by atoms with van der Waals surface area (Å²) >= 11 is 0. The number of benzene rings is 8. The lowest BCUT2D eigenvalue weighted by Gasteiger charge is -2.24. The lowest BCUT2D eigenvalue weighted by Crippen LogP contribution is -2.05. The summed E-state index contributed by atoms with van der Waals surface area (Å²) in [6.45, 7) is 0. The summed E-state index contributed by atoms with van der Waals surface area (Å²) in [7, 11) is 0. The molecule has 10 rings (SSSR count). The molecule has 0 amide bonds. The van der Waals surface area contributed by atoms with E-state index in [2.05, 4.69) is 164 Å². The van der Waals surface area contributed by atoms with Gasteiger partial charge in [0.05, 0.1) is 5.69 Å². The second kappa shape index (κ2) is 12.9. The van der Waals surface area contributed by atoms with Gasteiger partial charge in [0.1, 0.15) is 0 Å². The molecule has 1 heteroatoms. The van der Waals surface area contributed by atoms with Gasteiger partial charge in [-0.15, -0.1) is 0 Å². The third kappa shape index (κ3) is 5.11. The van der Waals surface area contributed by atoms with Crippen LogP contribution in [-0.4, -0.2) is 4.98 Å². The van der Waals surface area contributed by atoms with Gasteiger partial charge < -0.3 is 0 Å². The number of aromatic nitrogens is 1. The topological polar surface area (TPSA) is 12.9 Å². The predicted molar refractivity (Wildman–Crippen MR) is 222 cm³/mol. The first kappa shape index (κ1) is 30.7. The Bertz CT molecular complexity index is 2720. The van der Waals surface area contributed by atoms with Crippen molar-refractivity contribution in [3.05, 3.63) is 176 Å². The van der Waals surface area contributed by atoms with E-state index in [-0.39, 0.29) is 0 Å². The number of rotatable bonds is 5. The highest BCUT2D eigenvalue weighted by atomic mass is 14.7. The quantitative estimate of drug-likeness (QED) is 0.167. The molecule has 1 heterocycles. The Morgan fingerprint density at radius 3 is 1.73 bits per heavy atom. The summed E-state index contributed by atoms with van der Waals surface area (Å²) in [5.41, 5.74) is 11.1. The molecular weight excluding hydrogens is 627 g/mol. The Morgan fingerprint density at radius 2 is 0.942 bits per heavy atom. The smallest absolute Gasteiger partial charge is 0.0786 e. The highest BCUT2D eigenvalue weighted by Gasteiger charge is 2.22. The third-order valence-corrected chi connectivity index (χ3v) is 11.5. The predicted octanol–water partition coefficient (Wildman–Crippen LogP) is 14.4. The Kier molecular flexibility index (Phi) is 7.64. The van der Waals surface area contributed by atoms with Gasteiger partial charge in [0.2, 0.25) is 0 Å². The van der Waals surface area contributed by atoms with Crippen molar-refractivity contribution in [3.8, 4) is 44.6 Å². The Morgan fingerprint density at radius 1 is 0.385 bits per heavy atom. The second-order valence-corrected chi connectivity index (χ2v) is 14.4. The Labute approximate surface area is 305 Å². The van der Waals surface area contributed by atoms with E-state index in [0.29, 0.717) is 5.92 Å². The lowest BCUT2D eigenvalue weighted by atomic mass is 9.80. The summed E-state index contributed by atoms with van der Waals surface area (Å²) in [6.07, 6.45) is 8.55. The van der Waals surface area contributed by atoms with Crippen LogP contribution in [0.4, 0.5) is 0 Å². The van der Waals surface area contributed by atoms with Crippen molar-refractivity contribution < 1.29 is 0 Å². The fraction of sp³-hybridized carbons (Fsp3) is 0.118. The second-order valence-electron chi connectivity index (χ2n) is 14.4. The molecule has 0 unspecified atom stereocenters. The molecule has 9 aromatic rings. The molecule has 0 radical (unpaired) electrons. The number of fused-ring (bicyclic) bond motifs is 4. The maximum atomic E-state index is 4.98. The van der Waals surface area contributed by atoms with Crippen molar-refractivity contribution in [1.82, 2.24) is 4.98 Å². The molecule has 1 aliphatic rings. The first-order valence-corrected chi connectivity index (χ1v) is 18.8. The van der Waals surface area contributed by atoms with Crippen molar-refractivity contribution in [2.24, 2.45) is 0 Å². The van der Waals surface area contributed by atoms with E-state index in [1.54, 1.807) is 0 Å². The van der Waals surface area contributed by atoms with Gasteiger partial charge in [-0.05, 0) is 107 Å². The van der Waals surface area contributed by atoms with Gasteiger partial charge in [-0.2, -0.15) is 0 Å². The minimum atomic E-state index is 0.650. The zero-order chi connectivity index (χ0) is 34.4. The van der Waals surface area contributed by atoms with E-state index in [4.69, 9.17) is 4.98 Å². The molecule has 1 nitrogen and oxygen atoms in total. The average molecular weight is 666 g/mol. The summed E-state index contributed by atoms with van der Waals surface area (Å²) in [4.78, 5) is 4.98.